The topological polar surface area (TPSA) is 115 Å². The maximum Gasteiger partial charge on any atom is 0.306 e. The lowest BCUT2D eigenvalue weighted by Gasteiger charge is -2.25. The molecule has 5 aromatic rings. The third-order valence-electron chi connectivity index (χ3n) is 7.91. The first kappa shape index (κ1) is 28.0. The van der Waals surface area contributed by atoms with Crippen LogP contribution in [0.3, 0.4) is 0 Å². The lowest BCUT2D eigenvalue weighted by Crippen LogP contribution is -2.32. The molecule has 0 saturated carbocycles. The van der Waals surface area contributed by atoms with Crippen molar-refractivity contribution in [3.05, 3.63) is 69.9 Å². The molecule has 0 bridgehead atoms. The predicted molar refractivity (Wildman–Crippen MR) is 161 cm³/mol. The molecule has 0 amide bonds. The summed E-state index contributed by atoms with van der Waals surface area (Å²) in [4.78, 5) is 24.3. The SMILES string of the molecule is CCOC(=O)C[C@@H](c1cc(CN2Cc3nc(O)ccc3O[C@H](CC)C2)c2sccc2c1)c1cnc2c(nnn2C)c1C. The summed E-state index contributed by atoms with van der Waals surface area (Å²) in [6.45, 7) is 8.21. The lowest BCUT2D eigenvalue weighted by molar-refractivity contribution is -0.143. The number of hydrogen-bond donors (Lipinski definition) is 1. The third-order valence-corrected chi connectivity index (χ3v) is 8.92. The van der Waals surface area contributed by atoms with Gasteiger partial charge in [0, 0.05) is 49.6 Å². The number of carbonyl (C=O) groups is 1. The van der Waals surface area contributed by atoms with Crippen LogP contribution in [0.25, 0.3) is 21.3 Å². The number of hydrogen-bond acceptors (Lipinski definition) is 10. The summed E-state index contributed by atoms with van der Waals surface area (Å²) in [7, 11) is 1.82. The standard InChI is InChI=1S/C31H34N6O4S/c1-5-22-16-37(17-25-26(41-22)7-8-27(38)33-25)15-21-12-20(11-19-9-10-42-30(19)21)23(13-28(39)40-6-2)24-14-32-31-29(18(24)3)34-35-36(31)4/h7-12,14,22-23H,5-6,13,15-17H2,1-4H3,(H,33,38)/t22-,23+/m1/s1. The van der Waals surface area contributed by atoms with Gasteiger partial charge in [-0.1, -0.05) is 18.2 Å². The molecular formula is C31H34N6O4S. The Bertz CT molecular complexity index is 1770. The van der Waals surface area contributed by atoms with E-state index in [9.17, 15) is 9.90 Å². The first-order valence-electron chi connectivity index (χ1n) is 14.2. The first-order valence-corrected chi connectivity index (χ1v) is 15.1. The Morgan fingerprint density at radius 1 is 1.26 bits per heavy atom. The van der Waals surface area contributed by atoms with Crippen molar-refractivity contribution in [3.63, 3.8) is 0 Å². The molecule has 0 fully saturated rings. The lowest BCUT2D eigenvalue weighted by atomic mass is 9.85. The molecule has 1 aliphatic heterocycles. The Morgan fingerprint density at radius 3 is 2.93 bits per heavy atom. The Balaban J connectivity index is 1.42. The van der Waals surface area contributed by atoms with E-state index in [1.807, 2.05) is 27.1 Å². The highest BCUT2D eigenvalue weighted by Crippen LogP contribution is 2.38. The number of ether oxygens (including phenoxy) is 2. The number of nitrogens with zero attached hydrogens (tertiary/aromatic N) is 6. The minimum atomic E-state index is -0.277. The van der Waals surface area contributed by atoms with Crippen LogP contribution in [0.4, 0.5) is 0 Å². The summed E-state index contributed by atoms with van der Waals surface area (Å²) in [6.07, 6.45) is 2.88. The molecule has 0 unspecified atom stereocenters. The molecule has 1 N–H and O–H groups in total. The molecule has 10 nitrogen and oxygen atoms in total. The number of benzene rings is 1. The van der Waals surface area contributed by atoms with Crippen LogP contribution in [0.15, 0.2) is 41.9 Å². The van der Waals surface area contributed by atoms with Crippen molar-refractivity contribution in [2.75, 3.05) is 13.2 Å². The number of esters is 1. The van der Waals surface area contributed by atoms with E-state index in [-0.39, 0.29) is 30.3 Å². The number of fused-ring (bicyclic) bond motifs is 3. The monoisotopic (exact) mass is 586 g/mol. The Morgan fingerprint density at radius 2 is 2.12 bits per heavy atom. The average Bonchev–Trinajstić information content (AvgIpc) is 3.56. The van der Waals surface area contributed by atoms with Crippen LogP contribution in [0.1, 0.15) is 60.6 Å². The fourth-order valence-electron chi connectivity index (χ4n) is 5.80. The van der Waals surface area contributed by atoms with Crippen LogP contribution in [0.5, 0.6) is 11.6 Å². The number of aryl methyl sites for hydroxylation is 2. The average molecular weight is 587 g/mol. The van der Waals surface area contributed by atoms with Crippen molar-refractivity contribution in [2.45, 2.75) is 58.7 Å². The Kier molecular flexibility index (Phi) is 7.78. The van der Waals surface area contributed by atoms with E-state index in [1.54, 1.807) is 28.2 Å². The molecule has 6 rings (SSSR count). The normalized spacial score (nSPS) is 16.2. The molecule has 1 aromatic carbocycles. The number of pyridine rings is 2. The molecule has 1 aliphatic rings. The number of aromatic nitrogens is 5. The highest BCUT2D eigenvalue weighted by Gasteiger charge is 2.27. The summed E-state index contributed by atoms with van der Waals surface area (Å²) < 4.78 is 14.5. The number of rotatable bonds is 8. The van der Waals surface area contributed by atoms with Gasteiger partial charge in [-0.25, -0.2) is 14.6 Å². The second-order valence-electron chi connectivity index (χ2n) is 10.7. The van der Waals surface area contributed by atoms with Gasteiger partial charge in [0.2, 0.25) is 5.88 Å². The summed E-state index contributed by atoms with van der Waals surface area (Å²) in [6, 6.07) is 9.88. The molecule has 42 heavy (non-hydrogen) atoms. The van der Waals surface area contributed by atoms with E-state index in [0.717, 1.165) is 51.8 Å². The van der Waals surface area contributed by atoms with E-state index in [0.29, 0.717) is 31.1 Å². The van der Waals surface area contributed by atoms with Gasteiger partial charge in [-0.3, -0.25) is 9.69 Å². The minimum Gasteiger partial charge on any atom is -0.493 e. The zero-order valence-electron chi connectivity index (χ0n) is 24.2. The highest BCUT2D eigenvalue weighted by molar-refractivity contribution is 7.17. The Labute approximate surface area is 247 Å². The van der Waals surface area contributed by atoms with E-state index in [4.69, 9.17) is 9.47 Å². The van der Waals surface area contributed by atoms with Crippen molar-refractivity contribution in [2.24, 2.45) is 7.05 Å². The van der Waals surface area contributed by atoms with Crippen LogP contribution in [0, 0.1) is 6.92 Å². The van der Waals surface area contributed by atoms with Gasteiger partial charge in [-0.05, 0) is 71.5 Å². The van der Waals surface area contributed by atoms with Crippen LogP contribution in [0.2, 0.25) is 0 Å². The van der Waals surface area contributed by atoms with Crippen molar-refractivity contribution in [1.82, 2.24) is 29.9 Å². The Hall–Kier alpha value is -4.09. The van der Waals surface area contributed by atoms with Crippen molar-refractivity contribution in [1.29, 1.82) is 0 Å². The van der Waals surface area contributed by atoms with Gasteiger partial charge in [-0.15, -0.1) is 16.4 Å². The van der Waals surface area contributed by atoms with Gasteiger partial charge in [0.25, 0.3) is 0 Å². The van der Waals surface area contributed by atoms with Gasteiger partial charge in [-0.2, -0.15) is 0 Å². The predicted octanol–water partition coefficient (Wildman–Crippen LogP) is 5.25. The van der Waals surface area contributed by atoms with Crippen molar-refractivity contribution < 1.29 is 19.4 Å². The molecule has 218 valence electrons. The second kappa shape index (κ2) is 11.7. The molecule has 4 aromatic heterocycles. The third kappa shape index (κ3) is 5.41. The number of thiophene rings is 1. The second-order valence-corrected chi connectivity index (χ2v) is 11.7. The summed E-state index contributed by atoms with van der Waals surface area (Å²) in [5.41, 5.74) is 6.22. The van der Waals surface area contributed by atoms with E-state index in [2.05, 4.69) is 55.7 Å². The molecule has 0 saturated heterocycles. The van der Waals surface area contributed by atoms with Crippen LogP contribution >= 0.6 is 11.3 Å². The van der Waals surface area contributed by atoms with E-state index >= 15 is 0 Å². The molecule has 5 heterocycles. The van der Waals surface area contributed by atoms with Gasteiger partial charge >= 0.3 is 5.97 Å². The summed E-state index contributed by atoms with van der Waals surface area (Å²) in [5.74, 6) is 0.169. The van der Waals surface area contributed by atoms with Crippen molar-refractivity contribution in [3.8, 4) is 11.6 Å². The van der Waals surface area contributed by atoms with Gasteiger partial charge < -0.3 is 14.6 Å². The van der Waals surface area contributed by atoms with E-state index in [1.165, 1.54) is 4.70 Å². The number of aromatic hydroxyl groups is 1. The maximum absolute atomic E-state index is 12.9. The van der Waals surface area contributed by atoms with Crippen molar-refractivity contribution >= 4 is 38.6 Å². The smallest absolute Gasteiger partial charge is 0.306 e. The highest BCUT2D eigenvalue weighted by atomic mass is 32.1. The van der Waals surface area contributed by atoms with Gasteiger partial charge in [0.1, 0.15) is 23.1 Å². The van der Waals surface area contributed by atoms with Crippen LogP contribution in [-0.2, 0) is 29.7 Å². The molecular weight excluding hydrogens is 552 g/mol. The van der Waals surface area contributed by atoms with Gasteiger partial charge in [0.05, 0.1) is 13.0 Å². The van der Waals surface area contributed by atoms with Gasteiger partial charge in [0.15, 0.2) is 5.65 Å². The zero-order chi connectivity index (χ0) is 29.4. The van der Waals surface area contributed by atoms with Crippen LogP contribution in [-0.4, -0.2) is 60.2 Å². The largest absolute Gasteiger partial charge is 0.493 e. The molecule has 2 atom stereocenters. The molecule has 11 heteroatoms. The maximum atomic E-state index is 12.9. The number of carbonyl (C=O) groups excluding carboxylic acids is 1. The zero-order valence-corrected chi connectivity index (χ0v) is 25.0. The summed E-state index contributed by atoms with van der Waals surface area (Å²) in [5, 5.41) is 21.8. The summed E-state index contributed by atoms with van der Waals surface area (Å²) >= 11 is 1.71. The fourth-order valence-corrected chi connectivity index (χ4v) is 6.69. The molecule has 0 spiro atoms. The molecule has 0 aliphatic carbocycles. The van der Waals surface area contributed by atoms with E-state index < -0.39 is 0 Å². The van der Waals surface area contributed by atoms with Crippen LogP contribution < -0.4 is 4.74 Å². The quantitative estimate of drug-likeness (QED) is 0.244. The molecule has 0 radical (unpaired) electrons. The fraction of sp³-hybridized carbons (Fsp3) is 0.387. The first-order chi connectivity index (χ1) is 20.3. The minimum absolute atomic E-state index is 0.00333.